The second-order valence-electron chi connectivity index (χ2n) is 4.61. The largest absolute Gasteiger partial charge is 0.368 e. The maximum Gasteiger partial charge on any atom is 0.0475 e. The molecule has 2 aliphatic heterocycles. The first-order valence-corrected chi connectivity index (χ1v) is 6.89. The summed E-state index contributed by atoms with van der Waals surface area (Å²) in [5.41, 5.74) is 1.44. The van der Waals surface area contributed by atoms with E-state index in [0.29, 0.717) is 0 Å². The minimum Gasteiger partial charge on any atom is -0.368 e. The second-order valence-corrected chi connectivity index (χ2v) is 5.39. The Morgan fingerprint density at radius 3 is 3.07 bits per heavy atom. The number of fused-ring (bicyclic) bond motifs is 1. The zero-order valence-electron chi connectivity index (χ0n) is 9.06. The van der Waals surface area contributed by atoms with Crippen LogP contribution in [0.4, 0.5) is 5.69 Å². The van der Waals surface area contributed by atoms with Crippen LogP contribution in [0, 0.1) is 0 Å². The molecule has 1 atom stereocenters. The van der Waals surface area contributed by atoms with Gasteiger partial charge in [-0.3, -0.25) is 4.90 Å². The first-order chi connectivity index (χ1) is 7.43. The van der Waals surface area contributed by atoms with Crippen LogP contribution in [0.5, 0.6) is 0 Å². The molecule has 15 heavy (non-hydrogen) atoms. The van der Waals surface area contributed by atoms with Crippen LogP contribution in [0.25, 0.3) is 0 Å². The number of piperazine rings is 1. The van der Waals surface area contributed by atoms with E-state index in [2.05, 4.69) is 26.6 Å². The van der Waals surface area contributed by atoms with Gasteiger partial charge in [0.05, 0.1) is 0 Å². The van der Waals surface area contributed by atoms with Crippen LogP contribution in [0.1, 0.15) is 19.3 Å². The van der Waals surface area contributed by atoms with Crippen molar-refractivity contribution >= 4 is 17.0 Å². The van der Waals surface area contributed by atoms with E-state index in [-0.39, 0.29) is 0 Å². The van der Waals surface area contributed by atoms with E-state index in [4.69, 9.17) is 0 Å². The van der Waals surface area contributed by atoms with E-state index in [1.54, 1.807) is 0 Å². The molecule has 0 aromatic carbocycles. The molecule has 1 aromatic rings. The minimum absolute atomic E-state index is 0.826. The van der Waals surface area contributed by atoms with E-state index >= 15 is 0 Å². The molecule has 0 amide bonds. The lowest BCUT2D eigenvalue weighted by Crippen LogP contribution is -2.54. The number of piperidine rings is 1. The van der Waals surface area contributed by atoms with Gasteiger partial charge in [-0.1, -0.05) is 6.42 Å². The molecule has 82 valence electrons. The molecule has 1 unspecified atom stereocenters. The van der Waals surface area contributed by atoms with Gasteiger partial charge >= 0.3 is 0 Å². The molecular formula is C12H18N2S. The molecule has 2 aliphatic rings. The molecule has 0 aliphatic carbocycles. The summed E-state index contributed by atoms with van der Waals surface area (Å²) in [5, 5.41) is 4.46. The van der Waals surface area contributed by atoms with Gasteiger partial charge in [-0.15, -0.1) is 0 Å². The topological polar surface area (TPSA) is 6.48 Å². The highest BCUT2D eigenvalue weighted by molar-refractivity contribution is 7.08. The molecule has 0 saturated carbocycles. The number of hydrogen-bond acceptors (Lipinski definition) is 3. The van der Waals surface area contributed by atoms with Crippen LogP contribution in [0.15, 0.2) is 16.8 Å². The fourth-order valence-electron chi connectivity index (χ4n) is 2.83. The van der Waals surface area contributed by atoms with Crippen LogP contribution < -0.4 is 4.90 Å². The van der Waals surface area contributed by atoms with E-state index in [9.17, 15) is 0 Å². The van der Waals surface area contributed by atoms with Gasteiger partial charge in [0.2, 0.25) is 0 Å². The van der Waals surface area contributed by atoms with Gasteiger partial charge in [-0.2, -0.15) is 11.3 Å². The molecule has 3 heterocycles. The van der Waals surface area contributed by atoms with Crippen LogP contribution in [0.2, 0.25) is 0 Å². The highest BCUT2D eigenvalue weighted by Gasteiger charge is 2.28. The lowest BCUT2D eigenvalue weighted by Gasteiger charge is -2.44. The number of thiophene rings is 1. The summed E-state index contributed by atoms with van der Waals surface area (Å²) < 4.78 is 0. The van der Waals surface area contributed by atoms with Crippen LogP contribution in [-0.2, 0) is 0 Å². The summed E-state index contributed by atoms with van der Waals surface area (Å²) in [7, 11) is 0. The van der Waals surface area contributed by atoms with Crippen molar-refractivity contribution in [2.24, 2.45) is 0 Å². The zero-order chi connectivity index (χ0) is 10.1. The smallest absolute Gasteiger partial charge is 0.0475 e. The number of hydrogen-bond donors (Lipinski definition) is 0. The van der Waals surface area contributed by atoms with E-state index in [1.807, 2.05) is 11.3 Å². The molecule has 2 saturated heterocycles. The summed E-state index contributed by atoms with van der Waals surface area (Å²) in [4.78, 5) is 5.25. The van der Waals surface area contributed by atoms with Crippen molar-refractivity contribution in [1.29, 1.82) is 0 Å². The lowest BCUT2D eigenvalue weighted by molar-refractivity contribution is 0.133. The standard InChI is InChI=1S/C12H18N2S/c1-2-5-13-6-7-14(9-11(13)3-1)12-4-8-15-10-12/h4,8,10-11H,1-3,5-7,9H2. The van der Waals surface area contributed by atoms with Gasteiger partial charge in [-0.05, 0) is 30.8 Å². The molecule has 0 radical (unpaired) electrons. The molecule has 3 rings (SSSR count). The van der Waals surface area contributed by atoms with Gasteiger partial charge in [0.25, 0.3) is 0 Å². The maximum absolute atomic E-state index is 2.69. The Bertz CT molecular complexity index is 309. The molecular weight excluding hydrogens is 204 g/mol. The lowest BCUT2D eigenvalue weighted by atomic mass is 9.99. The Labute approximate surface area is 95.5 Å². The fourth-order valence-corrected chi connectivity index (χ4v) is 3.49. The minimum atomic E-state index is 0.826. The number of nitrogens with zero attached hydrogens (tertiary/aromatic N) is 2. The highest BCUT2D eigenvalue weighted by atomic mass is 32.1. The highest BCUT2D eigenvalue weighted by Crippen LogP contribution is 2.26. The van der Waals surface area contributed by atoms with Crippen LogP contribution >= 0.6 is 11.3 Å². The summed E-state index contributed by atoms with van der Waals surface area (Å²) in [6.07, 6.45) is 4.24. The van der Waals surface area contributed by atoms with Gasteiger partial charge in [0.1, 0.15) is 0 Å². The third-order valence-corrected chi connectivity index (χ3v) is 4.38. The number of anilines is 1. The van der Waals surface area contributed by atoms with E-state index in [0.717, 1.165) is 6.04 Å². The quantitative estimate of drug-likeness (QED) is 0.720. The summed E-state index contributed by atoms with van der Waals surface area (Å²) in [5.74, 6) is 0. The zero-order valence-corrected chi connectivity index (χ0v) is 9.88. The van der Waals surface area contributed by atoms with E-state index < -0.39 is 0 Å². The Hall–Kier alpha value is -0.540. The van der Waals surface area contributed by atoms with Crippen molar-refractivity contribution in [1.82, 2.24) is 4.90 Å². The molecule has 1 aromatic heterocycles. The average molecular weight is 222 g/mol. The predicted octanol–water partition coefficient (Wildman–Crippen LogP) is 2.42. The Morgan fingerprint density at radius 1 is 1.20 bits per heavy atom. The van der Waals surface area contributed by atoms with Crippen molar-refractivity contribution in [3.63, 3.8) is 0 Å². The molecule has 3 heteroatoms. The van der Waals surface area contributed by atoms with Gasteiger partial charge in [0.15, 0.2) is 0 Å². The summed E-state index contributed by atoms with van der Waals surface area (Å²) in [6, 6.07) is 3.08. The number of rotatable bonds is 1. The van der Waals surface area contributed by atoms with Crippen molar-refractivity contribution in [2.45, 2.75) is 25.3 Å². The Kier molecular flexibility index (Phi) is 2.67. The SMILES string of the molecule is c1cc(N2CCN3CCCCC3C2)cs1. The van der Waals surface area contributed by atoms with Crippen LogP contribution in [-0.4, -0.2) is 37.1 Å². The Balaban J connectivity index is 1.70. The molecule has 0 spiro atoms. The molecule has 2 nitrogen and oxygen atoms in total. The van der Waals surface area contributed by atoms with Crippen molar-refractivity contribution in [3.05, 3.63) is 16.8 Å². The first kappa shape index (κ1) is 9.67. The fraction of sp³-hybridized carbons (Fsp3) is 0.667. The van der Waals surface area contributed by atoms with Gasteiger partial charge < -0.3 is 4.90 Å². The van der Waals surface area contributed by atoms with Crippen molar-refractivity contribution in [2.75, 3.05) is 31.1 Å². The first-order valence-electron chi connectivity index (χ1n) is 5.95. The van der Waals surface area contributed by atoms with Gasteiger partial charge in [-0.25, -0.2) is 0 Å². The monoisotopic (exact) mass is 222 g/mol. The normalized spacial score (nSPS) is 27.7. The third kappa shape index (κ3) is 1.91. The summed E-state index contributed by atoms with van der Waals surface area (Å²) >= 11 is 1.81. The predicted molar refractivity (Wildman–Crippen MR) is 65.7 cm³/mol. The molecule has 0 bridgehead atoms. The van der Waals surface area contributed by atoms with Crippen LogP contribution in [0.3, 0.4) is 0 Å². The average Bonchev–Trinajstić information content (AvgIpc) is 2.82. The van der Waals surface area contributed by atoms with Crippen molar-refractivity contribution < 1.29 is 0 Å². The molecule has 0 N–H and O–H groups in total. The molecule has 2 fully saturated rings. The Morgan fingerprint density at radius 2 is 2.20 bits per heavy atom. The van der Waals surface area contributed by atoms with Crippen molar-refractivity contribution in [3.8, 4) is 0 Å². The van der Waals surface area contributed by atoms with E-state index in [1.165, 1.54) is 51.1 Å². The van der Waals surface area contributed by atoms with Gasteiger partial charge in [0, 0.05) is 36.7 Å². The summed E-state index contributed by atoms with van der Waals surface area (Å²) in [6.45, 7) is 5.06. The second kappa shape index (κ2) is 4.14. The maximum atomic E-state index is 2.69. The third-order valence-electron chi connectivity index (χ3n) is 3.71.